The van der Waals surface area contributed by atoms with Gasteiger partial charge in [0.05, 0.1) is 0 Å². The number of thiol groups is 1. The molecule has 22 heavy (non-hydrogen) atoms. The van der Waals surface area contributed by atoms with E-state index < -0.39 is 0 Å². The Hall–Kier alpha value is -1.83. The number of anilines is 1. The number of likely N-dealkylation sites (tertiary alicyclic amines) is 1. The Kier molecular flexibility index (Phi) is 4.19. The molecule has 2 aromatic rings. The van der Waals surface area contributed by atoms with Crippen LogP contribution in [0.3, 0.4) is 0 Å². The monoisotopic (exact) mass is 320 g/mol. The highest BCUT2D eigenvalue weighted by atomic mass is 32.1. The minimum absolute atomic E-state index is 0.170. The second-order valence-corrected chi connectivity index (χ2v) is 6.13. The normalized spacial score (nSPS) is 16.4. The fourth-order valence-electron chi connectivity index (χ4n) is 3.00. The first kappa shape index (κ1) is 15.1. The number of aromatic nitrogens is 4. The number of nitrogens with zero attached hydrogens (tertiary/aromatic N) is 5. The molecule has 1 amide bonds. The molecular formula is C14H20N6OS. The van der Waals surface area contributed by atoms with Gasteiger partial charge >= 0.3 is 0 Å². The maximum atomic E-state index is 11.4. The van der Waals surface area contributed by atoms with Crippen LogP contribution >= 0.6 is 12.6 Å². The molecule has 1 saturated heterocycles. The van der Waals surface area contributed by atoms with E-state index in [1.165, 1.54) is 6.33 Å². The van der Waals surface area contributed by atoms with Gasteiger partial charge in [0.15, 0.2) is 22.1 Å². The van der Waals surface area contributed by atoms with Gasteiger partial charge in [0.2, 0.25) is 5.91 Å². The largest absolute Gasteiger partial charge is 0.382 e. The van der Waals surface area contributed by atoms with E-state index in [-0.39, 0.29) is 5.91 Å². The quantitative estimate of drug-likeness (QED) is 0.833. The number of hydrogen-bond donors (Lipinski definition) is 2. The average molecular weight is 320 g/mol. The van der Waals surface area contributed by atoms with E-state index in [0.717, 1.165) is 44.5 Å². The van der Waals surface area contributed by atoms with Crippen molar-refractivity contribution in [2.45, 2.75) is 37.9 Å². The van der Waals surface area contributed by atoms with Crippen molar-refractivity contribution in [3.8, 4) is 0 Å². The molecular weight excluding hydrogens is 300 g/mol. The molecule has 0 saturated carbocycles. The fourth-order valence-corrected chi connectivity index (χ4v) is 3.29. The Morgan fingerprint density at radius 2 is 2.14 bits per heavy atom. The van der Waals surface area contributed by atoms with Crippen LogP contribution < -0.4 is 5.73 Å². The van der Waals surface area contributed by atoms with Gasteiger partial charge in [-0.05, 0) is 25.2 Å². The molecule has 118 valence electrons. The molecule has 3 rings (SSSR count). The molecule has 1 aliphatic rings. The summed E-state index contributed by atoms with van der Waals surface area (Å²) in [5.41, 5.74) is 7.17. The summed E-state index contributed by atoms with van der Waals surface area (Å²) in [4.78, 5) is 25.8. The van der Waals surface area contributed by atoms with Crippen molar-refractivity contribution < 1.29 is 4.79 Å². The lowest BCUT2D eigenvalue weighted by Crippen LogP contribution is -2.37. The van der Waals surface area contributed by atoms with E-state index in [4.69, 9.17) is 5.73 Å². The van der Waals surface area contributed by atoms with Crippen molar-refractivity contribution in [2.24, 2.45) is 5.92 Å². The van der Waals surface area contributed by atoms with E-state index in [1.807, 2.05) is 9.47 Å². The molecule has 0 spiro atoms. The van der Waals surface area contributed by atoms with E-state index in [2.05, 4.69) is 27.6 Å². The van der Waals surface area contributed by atoms with E-state index >= 15 is 0 Å². The molecule has 0 bridgehead atoms. The topological polar surface area (TPSA) is 89.9 Å². The van der Waals surface area contributed by atoms with Crippen molar-refractivity contribution in [3.63, 3.8) is 0 Å². The van der Waals surface area contributed by atoms with Gasteiger partial charge in [-0.15, -0.1) is 12.6 Å². The van der Waals surface area contributed by atoms with Crippen molar-refractivity contribution in [3.05, 3.63) is 6.33 Å². The SMILES string of the molecule is CC(=O)N1CCC(CCn2c(S)nc3c(N)ncnc32)CC1. The van der Waals surface area contributed by atoms with Crippen LogP contribution in [0.2, 0.25) is 0 Å². The summed E-state index contributed by atoms with van der Waals surface area (Å²) in [5.74, 6) is 1.16. The standard InChI is InChI=1S/C14H20N6OS/c1-9(21)19-5-2-10(3-6-19)4-7-20-13-11(18-14(20)22)12(15)16-8-17-13/h8,10H,2-7H2,1H3,(H,18,22)(H2,15,16,17). The predicted octanol–water partition coefficient (Wildman–Crippen LogP) is 1.35. The molecule has 0 aromatic carbocycles. The third-order valence-corrected chi connectivity index (χ3v) is 4.70. The number of nitrogen functional groups attached to an aromatic ring is 1. The Morgan fingerprint density at radius 1 is 1.41 bits per heavy atom. The van der Waals surface area contributed by atoms with Crippen molar-refractivity contribution >= 4 is 35.5 Å². The summed E-state index contributed by atoms with van der Waals surface area (Å²) >= 11 is 4.42. The van der Waals surface area contributed by atoms with Crippen molar-refractivity contribution in [1.82, 2.24) is 24.4 Å². The molecule has 3 heterocycles. The third kappa shape index (κ3) is 2.87. The third-order valence-electron chi connectivity index (χ3n) is 4.36. The molecule has 1 fully saturated rings. The van der Waals surface area contributed by atoms with Gasteiger partial charge in [-0.3, -0.25) is 4.79 Å². The van der Waals surface area contributed by atoms with Crippen LogP contribution in [0.25, 0.3) is 11.2 Å². The number of carbonyl (C=O) groups excluding carboxylic acids is 1. The molecule has 0 radical (unpaired) electrons. The highest BCUT2D eigenvalue weighted by Gasteiger charge is 2.21. The van der Waals surface area contributed by atoms with Crippen LogP contribution in [-0.4, -0.2) is 43.4 Å². The lowest BCUT2D eigenvalue weighted by atomic mass is 9.93. The van der Waals surface area contributed by atoms with Gasteiger partial charge in [0.1, 0.15) is 6.33 Å². The lowest BCUT2D eigenvalue weighted by Gasteiger charge is -2.31. The first-order chi connectivity index (χ1) is 10.6. The molecule has 1 aliphatic heterocycles. The van der Waals surface area contributed by atoms with E-state index in [0.29, 0.717) is 22.4 Å². The van der Waals surface area contributed by atoms with Gasteiger partial charge in [0, 0.05) is 26.6 Å². The Bertz CT molecular complexity index is 692. The minimum atomic E-state index is 0.170. The Balaban J connectivity index is 1.66. The molecule has 0 unspecified atom stereocenters. The zero-order valence-electron chi connectivity index (χ0n) is 12.6. The number of aryl methyl sites for hydroxylation is 1. The molecule has 2 aromatic heterocycles. The van der Waals surface area contributed by atoms with Gasteiger partial charge in [-0.1, -0.05) is 0 Å². The molecule has 2 N–H and O–H groups in total. The number of imidazole rings is 1. The zero-order valence-corrected chi connectivity index (χ0v) is 13.5. The Labute approximate surface area is 134 Å². The van der Waals surface area contributed by atoms with E-state index in [1.54, 1.807) is 6.92 Å². The number of piperidine rings is 1. The zero-order chi connectivity index (χ0) is 15.7. The van der Waals surface area contributed by atoms with Crippen LogP contribution in [0.4, 0.5) is 5.82 Å². The number of hydrogen-bond acceptors (Lipinski definition) is 6. The second kappa shape index (κ2) is 6.12. The average Bonchev–Trinajstić information content (AvgIpc) is 2.83. The molecule has 0 atom stereocenters. The van der Waals surface area contributed by atoms with Gasteiger partial charge in [0.25, 0.3) is 0 Å². The summed E-state index contributed by atoms with van der Waals surface area (Å²) in [5, 5.41) is 0.614. The van der Waals surface area contributed by atoms with Gasteiger partial charge < -0.3 is 15.2 Å². The van der Waals surface area contributed by atoms with Crippen molar-refractivity contribution in [2.75, 3.05) is 18.8 Å². The van der Waals surface area contributed by atoms with Crippen LogP contribution in [0.1, 0.15) is 26.2 Å². The van der Waals surface area contributed by atoms with Crippen LogP contribution in [-0.2, 0) is 11.3 Å². The van der Waals surface area contributed by atoms with Crippen LogP contribution in [0, 0.1) is 5.92 Å². The van der Waals surface area contributed by atoms with Gasteiger partial charge in [-0.25, -0.2) is 15.0 Å². The minimum Gasteiger partial charge on any atom is -0.382 e. The highest BCUT2D eigenvalue weighted by molar-refractivity contribution is 7.80. The molecule has 0 aliphatic carbocycles. The lowest BCUT2D eigenvalue weighted by molar-refractivity contribution is -0.130. The highest BCUT2D eigenvalue weighted by Crippen LogP contribution is 2.24. The number of rotatable bonds is 3. The number of carbonyl (C=O) groups is 1. The van der Waals surface area contributed by atoms with E-state index in [9.17, 15) is 4.79 Å². The van der Waals surface area contributed by atoms with Crippen LogP contribution in [0.15, 0.2) is 11.5 Å². The number of amides is 1. The summed E-state index contributed by atoms with van der Waals surface area (Å²) in [6, 6.07) is 0. The maximum absolute atomic E-state index is 11.4. The summed E-state index contributed by atoms with van der Waals surface area (Å²) in [6.07, 6.45) is 4.57. The number of fused-ring (bicyclic) bond motifs is 1. The summed E-state index contributed by atoms with van der Waals surface area (Å²) in [7, 11) is 0. The maximum Gasteiger partial charge on any atom is 0.219 e. The fraction of sp³-hybridized carbons (Fsp3) is 0.571. The second-order valence-electron chi connectivity index (χ2n) is 5.73. The molecule has 7 nitrogen and oxygen atoms in total. The molecule has 8 heteroatoms. The van der Waals surface area contributed by atoms with Crippen LogP contribution in [0.5, 0.6) is 0 Å². The first-order valence-corrected chi connectivity index (χ1v) is 7.92. The smallest absolute Gasteiger partial charge is 0.219 e. The summed E-state index contributed by atoms with van der Waals surface area (Å²) < 4.78 is 1.98. The predicted molar refractivity (Wildman–Crippen MR) is 86.6 cm³/mol. The first-order valence-electron chi connectivity index (χ1n) is 7.47. The summed E-state index contributed by atoms with van der Waals surface area (Å²) in [6.45, 7) is 4.15. The van der Waals surface area contributed by atoms with Gasteiger partial charge in [-0.2, -0.15) is 0 Å². The number of nitrogens with two attached hydrogens (primary N) is 1. The Morgan fingerprint density at radius 3 is 2.82 bits per heavy atom. The van der Waals surface area contributed by atoms with Crippen molar-refractivity contribution in [1.29, 1.82) is 0 Å².